The fraction of sp³-hybridized carbons (Fsp3) is 0.333. The van der Waals surface area contributed by atoms with E-state index in [1.54, 1.807) is 6.07 Å². The van der Waals surface area contributed by atoms with E-state index >= 15 is 0 Å². The molecule has 0 aliphatic carbocycles. The van der Waals surface area contributed by atoms with Crippen molar-refractivity contribution in [2.24, 2.45) is 0 Å². The predicted molar refractivity (Wildman–Crippen MR) is 122 cm³/mol. The zero-order chi connectivity index (χ0) is 24.1. The van der Waals surface area contributed by atoms with Crippen molar-refractivity contribution in [1.82, 2.24) is 8.87 Å². The van der Waals surface area contributed by atoms with Crippen LogP contribution in [0.15, 0.2) is 53.6 Å². The van der Waals surface area contributed by atoms with Crippen LogP contribution in [0.25, 0.3) is 16.5 Å². The second-order valence-corrected chi connectivity index (χ2v) is 10.3. The summed E-state index contributed by atoms with van der Waals surface area (Å²) < 4.78 is 80.0. The Balaban J connectivity index is 1.68. The van der Waals surface area contributed by atoms with E-state index in [2.05, 4.69) is 4.90 Å². The van der Waals surface area contributed by atoms with E-state index < -0.39 is 21.8 Å². The SMILES string of the molecule is CN1CC=C(c2cn(S(=O)(=O)c3ccc4c(c3)OCCCO4)c3ccc(C(F)(F)F)cc23)CC1. The van der Waals surface area contributed by atoms with Gasteiger partial charge in [-0.05, 0) is 49.4 Å². The summed E-state index contributed by atoms with van der Waals surface area (Å²) in [6.07, 6.45) is 0.107. The molecule has 0 fully saturated rings. The van der Waals surface area contributed by atoms with Crippen molar-refractivity contribution in [1.29, 1.82) is 0 Å². The van der Waals surface area contributed by atoms with Gasteiger partial charge in [0.05, 0.1) is 29.2 Å². The number of nitrogens with zero attached hydrogens (tertiary/aromatic N) is 2. The van der Waals surface area contributed by atoms with Gasteiger partial charge in [-0.3, -0.25) is 0 Å². The van der Waals surface area contributed by atoms with Crippen molar-refractivity contribution in [3.8, 4) is 11.5 Å². The second kappa shape index (κ2) is 8.35. The number of hydrogen-bond acceptors (Lipinski definition) is 5. The van der Waals surface area contributed by atoms with Gasteiger partial charge >= 0.3 is 6.18 Å². The molecule has 2 aromatic carbocycles. The Morgan fingerprint density at radius 1 is 1.00 bits per heavy atom. The maximum absolute atomic E-state index is 13.7. The molecule has 2 aliphatic rings. The summed E-state index contributed by atoms with van der Waals surface area (Å²) in [5.41, 5.74) is 0.692. The number of fused-ring (bicyclic) bond motifs is 2. The van der Waals surface area contributed by atoms with Crippen molar-refractivity contribution >= 4 is 26.5 Å². The van der Waals surface area contributed by atoms with Crippen LogP contribution in [-0.2, 0) is 16.2 Å². The van der Waals surface area contributed by atoms with Crippen LogP contribution in [0, 0.1) is 0 Å². The third-order valence-electron chi connectivity index (χ3n) is 6.13. The molecule has 6 nitrogen and oxygen atoms in total. The molecule has 10 heteroatoms. The molecular formula is C24H23F3N2O4S. The summed E-state index contributed by atoms with van der Waals surface area (Å²) in [4.78, 5) is 2.05. The summed E-state index contributed by atoms with van der Waals surface area (Å²) in [6.45, 7) is 2.23. The van der Waals surface area contributed by atoms with Crippen LogP contribution in [0.3, 0.4) is 0 Å². The maximum atomic E-state index is 13.7. The van der Waals surface area contributed by atoms with Gasteiger partial charge in [0.25, 0.3) is 10.0 Å². The van der Waals surface area contributed by atoms with Crippen LogP contribution in [-0.4, -0.2) is 50.6 Å². The highest BCUT2D eigenvalue weighted by atomic mass is 32.2. The standard InChI is InChI=1S/C24H23F3N2O4S/c1-28-9-7-16(8-10-28)20-15-29(21-5-3-17(13-19(20)21)24(25,26)27)34(30,31)18-4-6-22-23(14-18)33-12-2-11-32-22/h3-7,13-15H,2,8-12H2,1H3. The van der Waals surface area contributed by atoms with E-state index in [0.29, 0.717) is 49.7 Å². The van der Waals surface area contributed by atoms with Crippen molar-refractivity contribution in [3.05, 3.63) is 59.8 Å². The highest BCUT2D eigenvalue weighted by molar-refractivity contribution is 7.90. The Labute approximate surface area is 195 Å². The zero-order valence-electron chi connectivity index (χ0n) is 18.4. The minimum absolute atomic E-state index is 0.0301. The molecule has 180 valence electrons. The van der Waals surface area contributed by atoms with Crippen LogP contribution in [0.1, 0.15) is 24.0 Å². The molecule has 0 saturated carbocycles. The molecule has 0 saturated heterocycles. The third kappa shape index (κ3) is 4.05. The number of alkyl halides is 3. The van der Waals surface area contributed by atoms with E-state index in [4.69, 9.17) is 9.47 Å². The molecule has 0 N–H and O–H groups in total. The van der Waals surface area contributed by atoms with E-state index in [1.807, 2.05) is 13.1 Å². The molecule has 0 atom stereocenters. The minimum Gasteiger partial charge on any atom is -0.490 e. The van der Waals surface area contributed by atoms with Crippen LogP contribution >= 0.6 is 0 Å². The van der Waals surface area contributed by atoms with Crippen LogP contribution in [0.5, 0.6) is 11.5 Å². The molecule has 3 heterocycles. The second-order valence-electron chi connectivity index (χ2n) is 8.47. The highest BCUT2D eigenvalue weighted by Crippen LogP contribution is 2.38. The molecule has 0 spiro atoms. The summed E-state index contributed by atoms with van der Waals surface area (Å²) in [5, 5.41) is 0.253. The fourth-order valence-corrected chi connectivity index (χ4v) is 5.65. The topological polar surface area (TPSA) is 60.8 Å². The van der Waals surface area contributed by atoms with Crippen molar-refractivity contribution in [2.45, 2.75) is 23.9 Å². The third-order valence-corrected chi connectivity index (χ3v) is 7.80. The van der Waals surface area contributed by atoms with Gasteiger partial charge in [0.1, 0.15) is 0 Å². The smallest absolute Gasteiger partial charge is 0.416 e. The lowest BCUT2D eigenvalue weighted by Gasteiger charge is -2.21. The molecule has 0 unspecified atom stereocenters. The summed E-state index contributed by atoms with van der Waals surface area (Å²) in [5.74, 6) is 0.786. The predicted octanol–water partition coefficient (Wildman–Crippen LogP) is 4.78. The Morgan fingerprint density at radius 3 is 2.47 bits per heavy atom. The number of benzene rings is 2. The molecule has 34 heavy (non-hydrogen) atoms. The molecule has 3 aromatic rings. The van der Waals surface area contributed by atoms with Crippen LogP contribution < -0.4 is 9.47 Å². The van der Waals surface area contributed by atoms with E-state index in [0.717, 1.165) is 28.2 Å². The maximum Gasteiger partial charge on any atom is 0.416 e. The van der Waals surface area contributed by atoms with Gasteiger partial charge in [-0.25, -0.2) is 12.4 Å². The quantitative estimate of drug-likeness (QED) is 0.527. The molecule has 1 aromatic heterocycles. The Kier molecular flexibility index (Phi) is 5.60. The van der Waals surface area contributed by atoms with Gasteiger partial charge < -0.3 is 14.4 Å². The first kappa shape index (κ1) is 22.8. The van der Waals surface area contributed by atoms with E-state index in [1.165, 1.54) is 24.4 Å². The van der Waals surface area contributed by atoms with Gasteiger partial charge in [0.15, 0.2) is 11.5 Å². The molecule has 0 radical (unpaired) electrons. The van der Waals surface area contributed by atoms with Gasteiger partial charge in [0.2, 0.25) is 0 Å². The van der Waals surface area contributed by atoms with Crippen molar-refractivity contribution in [3.63, 3.8) is 0 Å². The number of halogens is 3. The molecule has 2 aliphatic heterocycles. The van der Waals surface area contributed by atoms with E-state index in [-0.39, 0.29) is 15.8 Å². The minimum atomic E-state index is -4.54. The Bertz CT molecular complexity index is 1390. The largest absolute Gasteiger partial charge is 0.490 e. The summed E-state index contributed by atoms with van der Waals surface area (Å²) >= 11 is 0. The summed E-state index contributed by atoms with van der Waals surface area (Å²) in [7, 11) is -2.17. The lowest BCUT2D eigenvalue weighted by Crippen LogP contribution is -2.23. The van der Waals surface area contributed by atoms with E-state index in [9.17, 15) is 21.6 Å². The first-order chi connectivity index (χ1) is 16.1. The van der Waals surface area contributed by atoms with Crippen molar-refractivity contribution in [2.75, 3.05) is 33.4 Å². The summed E-state index contributed by atoms with van der Waals surface area (Å²) in [6, 6.07) is 7.53. The lowest BCUT2D eigenvalue weighted by molar-refractivity contribution is -0.137. The first-order valence-corrected chi connectivity index (χ1v) is 12.3. The molecular weight excluding hydrogens is 469 g/mol. The lowest BCUT2D eigenvalue weighted by atomic mass is 9.98. The number of aromatic nitrogens is 1. The van der Waals surface area contributed by atoms with Gasteiger partial charge in [-0.1, -0.05) is 6.08 Å². The normalized spacial score (nSPS) is 17.5. The number of hydrogen-bond donors (Lipinski definition) is 0. The number of rotatable bonds is 3. The molecule has 0 bridgehead atoms. The fourth-order valence-electron chi connectivity index (χ4n) is 4.26. The van der Waals surface area contributed by atoms with Crippen LogP contribution in [0.4, 0.5) is 13.2 Å². The molecule has 5 rings (SSSR count). The molecule has 0 amide bonds. The Morgan fingerprint density at radius 2 is 1.76 bits per heavy atom. The monoisotopic (exact) mass is 492 g/mol. The average molecular weight is 493 g/mol. The van der Waals surface area contributed by atoms with Gasteiger partial charge in [0, 0.05) is 42.7 Å². The highest BCUT2D eigenvalue weighted by Gasteiger charge is 2.32. The Hall–Kier alpha value is -2.98. The number of ether oxygens (including phenoxy) is 2. The zero-order valence-corrected chi connectivity index (χ0v) is 19.2. The first-order valence-electron chi connectivity index (χ1n) is 10.9. The number of likely N-dealkylation sites (N-methyl/N-ethyl adjacent to an activating group) is 1. The van der Waals surface area contributed by atoms with Crippen LogP contribution in [0.2, 0.25) is 0 Å². The van der Waals surface area contributed by atoms with Gasteiger partial charge in [-0.2, -0.15) is 13.2 Å². The van der Waals surface area contributed by atoms with Gasteiger partial charge in [-0.15, -0.1) is 0 Å². The van der Waals surface area contributed by atoms with Crippen molar-refractivity contribution < 1.29 is 31.1 Å². The average Bonchev–Trinajstić information content (AvgIpc) is 3.03.